The zero-order valence-electron chi connectivity index (χ0n) is 8.12. The van der Waals surface area contributed by atoms with Crippen molar-refractivity contribution in [1.29, 1.82) is 0 Å². The van der Waals surface area contributed by atoms with Gasteiger partial charge in [-0.15, -0.1) is 0 Å². The molecule has 7 heteroatoms. The van der Waals surface area contributed by atoms with Gasteiger partial charge in [0.2, 0.25) is 0 Å². The van der Waals surface area contributed by atoms with Gasteiger partial charge >= 0.3 is 5.97 Å². The Labute approximate surface area is 98.8 Å². The Kier molecular flexibility index (Phi) is 4.24. The lowest BCUT2D eigenvalue weighted by atomic mass is 10.2. The lowest BCUT2D eigenvalue weighted by molar-refractivity contribution is -0.136. The molecular formula is C9H9BrN2O4. The van der Waals surface area contributed by atoms with Crippen LogP contribution in [-0.2, 0) is 4.79 Å². The number of carbonyl (C=O) groups is 2. The first-order chi connectivity index (χ1) is 7.50. The third-order valence-electron chi connectivity index (χ3n) is 1.74. The maximum Gasteiger partial charge on any atom is 0.305 e. The van der Waals surface area contributed by atoms with Crippen molar-refractivity contribution in [2.45, 2.75) is 6.42 Å². The van der Waals surface area contributed by atoms with E-state index in [0.717, 1.165) is 0 Å². The average Bonchev–Trinajstić information content (AvgIpc) is 2.21. The maximum atomic E-state index is 11.4. The summed E-state index contributed by atoms with van der Waals surface area (Å²) in [7, 11) is 0. The fraction of sp³-hybridized carbons (Fsp3) is 0.222. The number of aromatic nitrogens is 1. The number of hydrogen-bond donors (Lipinski definition) is 3. The topological polar surface area (TPSA) is 99.3 Å². The molecule has 0 radical (unpaired) electrons. The summed E-state index contributed by atoms with van der Waals surface area (Å²) in [5, 5.41) is 10.8. The van der Waals surface area contributed by atoms with Crippen LogP contribution in [0.3, 0.4) is 0 Å². The zero-order valence-corrected chi connectivity index (χ0v) is 9.70. The Bertz CT molecular complexity index is 469. The van der Waals surface area contributed by atoms with E-state index in [2.05, 4.69) is 26.2 Å². The number of carboxylic acids is 1. The van der Waals surface area contributed by atoms with Crippen LogP contribution in [0.4, 0.5) is 0 Å². The molecule has 6 nitrogen and oxygen atoms in total. The van der Waals surface area contributed by atoms with Gasteiger partial charge in [-0.25, -0.2) is 0 Å². The minimum atomic E-state index is -0.983. The van der Waals surface area contributed by atoms with Crippen LogP contribution in [0, 0.1) is 0 Å². The number of aliphatic carboxylic acids is 1. The van der Waals surface area contributed by atoms with Gasteiger partial charge in [-0.1, -0.05) is 0 Å². The molecule has 1 rings (SSSR count). The summed E-state index contributed by atoms with van der Waals surface area (Å²) in [4.78, 5) is 35.0. The highest BCUT2D eigenvalue weighted by atomic mass is 79.9. The molecular weight excluding hydrogens is 280 g/mol. The molecule has 0 aromatic carbocycles. The molecule has 0 aliphatic heterocycles. The first kappa shape index (κ1) is 12.4. The quantitative estimate of drug-likeness (QED) is 0.744. The number of H-pyrrole nitrogens is 1. The van der Waals surface area contributed by atoms with Crippen LogP contribution in [0.2, 0.25) is 0 Å². The summed E-state index contributed by atoms with van der Waals surface area (Å²) in [6, 6.07) is 1.37. The van der Waals surface area contributed by atoms with Crippen molar-refractivity contribution in [2.75, 3.05) is 6.54 Å². The minimum absolute atomic E-state index is 0.0465. The third kappa shape index (κ3) is 3.50. The van der Waals surface area contributed by atoms with Crippen LogP contribution in [0.1, 0.15) is 16.8 Å². The lowest BCUT2D eigenvalue weighted by Crippen LogP contribution is -2.26. The molecule has 0 fully saturated rings. The fourth-order valence-corrected chi connectivity index (χ4v) is 1.33. The molecule has 0 saturated carbocycles. The van der Waals surface area contributed by atoms with E-state index in [1.165, 1.54) is 12.3 Å². The number of halogens is 1. The summed E-state index contributed by atoms with van der Waals surface area (Å²) >= 11 is 2.99. The van der Waals surface area contributed by atoms with E-state index in [4.69, 9.17) is 5.11 Å². The molecule has 1 aromatic rings. The summed E-state index contributed by atoms with van der Waals surface area (Å²) in [6.07, 6.45) is 1.12. The van der Waals surface area contributed by atoms with Gasteiger partial charge in [-0.2, -0.15) is 0 Å². The van der Waals surface area contributed by atoms with Crippen molar-refractivity contribution < 1.29 is 14.7 Å². The Balaban J connectivity index is 2.63. The SMILES string of the molecule is O=C(O)CCNC(=O)c1c[nH]c(=O)c(Br)c1. The number of nitrogens with one attached hydrogen (secondary N) is 2. The Morgan fingerprint density at radius 3 is 2.75 bits per heavy atom. The second-order valence-electron chi connectivity index (χ2n) is 2.97. The molecule has 3 N–H and O–H groups in total. The van der Waals surface area contributed by atoms with Crippen molar-refractivity contribution in [3.05, 3.63) is 32.7 Å². The second-order valence-corrected chi connectivity index (χ2v) is 3.82. The van der Waals surface area contributed by atoms with Crippen molar-refractivity contribution >= 4 is 27.8 Å². The summed E-state index contributed by atoms with van der Waals surface area (Å²) < 4.78 is 0.249. The average molecular weight is 289 g/mol. The molecule has 0 unspecified atom stereocenters. The van der Waals surface area contributed by atoms with Crippen molar-refractivity contribution in [3.63, 3.8) is 0 Å². The number of amides is 1. The van der Waals surface area contributed by atoms with Crippen LogP contribution < -0.4 is 10.9 Å². The molecule has 86 valence electrons. The van der Waals surface area contributed by atoms with E-state index >= 15 is 0 Å². The van der Waals surface area contributed by atoms with Crippen molar-refractivity contribution in [2.24, 2.45) is 0 Å². The predicted molar refractivity (Wildman–Crippen MR) is 59.3 cm³/mol. The summed E-state index contributed by atoms with van der Waals surface area (Å²) in [6.45, 7) is 0.0465. The molecule has 0 spiro atoms. The van der Waals surface area contributed by atoms with Gasteiger partial charge in [0, 0.05) is 12.7 Å². The second kappa shape index (κ2) is 5.45. The molecule has 0 aliphatic carbocycles. The van der Waals surface area contributed by atoms with Crippen LogP contribution in [0.5, 0.6) is 0 Å². The van der Waals surface area contributed by atoms with Gasteiger partial charge in [-0.05, 0) is 22.0 Å². The first-order valence-corrected chi connectivity index (χ1v) is 5.18. The highest BCUT2D eigenvalue weighted by molar-refractivity contribution is 9.10. The van der Waals surface area contributed by atoms with Gasteiger partial charge in [-0.3, -0.25) is 14.4 Å². The first-order valence-electron chi connectivity index (χ1n) is 4.39. The predicted octanol–water partition coefficient (Wildman–Crippen LogP) is 0.342. The van der Waals surface area contributed by atoms with Gasteiger partial charge in [0.15, 0.2) is 0 Å². The van der Waals surface area contributed by atoms with Gasteiger partial charge in [0.25, 0.3) is 11.5 Å². The largest absolute Gasteiger partial charge is 0.481 e. The lowest BCUT2D eigenvalue weighted by Gasteiger charge is -2.03. The molecule has 0 atom stereocenters. The Morgan fingerprint density at radius 1 is 1.50 bits per heavy atom. The monoisotopic (exact) mass is 288 g/mol. The molecule has 0 saturated heterocycles. The van der Waals surface area contributed by atoms with Gasteiger partial charge < -0.3 is 15.4 Å². The molecule has 1 amide bonds. The van der Waals surface area contributed by atoms with E-state index in [1.807, 2.05) is 0 Å². The number of carbonyl (C=O) groups excluding carboxylic acids is 1. The van der Waals surface area contributed by atoms with Crippen LogP contribution in [-0.4, -0.2) is 28.5 Å². The van der Waals surface area contributed by atoms with Gasteiger partial charge in [0.1, 0.15) is 0 Å². The summed E-state index contributed by atoms with van der Waals surface area (Å²) in [5.74, 6) is -1.42. The Morgan fingerprint density at radius 2 is 2.19 bits per heavy atom. The molecule has 1 aromatic heterocycles. The van der Waals surface area contributed by atoms with E-state index < -0.39 is 11.9 Å². The van der Waals surface area contributed by atoms with E-state index in [1.54, 1.807) is 0 Å². The molecule has 16 heavy (non-hydrogen) atoms. The Hall–Kier alpha value is -1.63. The van der Waals surface area contributed by atoms with Crippen LogP contribution in [0.15, 0.2) is 21.5 Å². The number of aromatic amines is 1. The van der Waals surface area contributed by atoms with E-state index in [-0.39, 0.29) is 28.6 Å². The standard InChI is InChI=1S/C9H9BrN2O4/c10-6-3-5(4-12-9(6)16)8(15)11-2-1-7(13)14/h3-4H,1-2H2,(H,11,15)(H,12,16)(H,13,14). The van der Waals surface area contributed by atoms with Crippen molar-refractivity contribution in [1.82, 2.24) is 10.3 Å². The smallest absolute Gasteiger partial charge is 0.305 e. The van der Waals surface area contributed by atoms with Gasteiger partial charge in [0.05, 0.1) is 16.5 Å². The maximum absolute atomic E-state index is 11.4. The third-order valence-corrected chi connectivity index (χ3v) is 2.33. The van der Waals surface area contributed by atoms with Crippen LogP contribution >= 0.6 is 15.9 Å². The van der Waals surface area contributed by atoms with Crippen molar-refractivity contribution in [3.8, 4) is 0 Å². The number of rotatable bonds is 4. The summed E-state index contributed by atoms with van der Waals surface area (Å²) in [5.41, 5.74) is -0.0704. The minimum Gasteiger partial charge on any atom is -0.481 e. The van der Waals surface area contributed by atoms with Crippen LogP contribution in [0.25, 0.3) is 0 Å². The highest BCUT2D eigenvalue weighted by Crippen LogP contribution is 2.04. The fourth-order valence-electron chi connectivity index (χ4n) is 0.972. The van der Waals surface area contributed by atoms with E-state index in [9.17, 15) is 14.4 Å². The molecule has 1 heterocycles. The zero-order chi connectivity index (χ0) is 12.1. The molecule has 0 bridgehead atoms. The number of carboxylic acid groups (broad SMARTS) is 1. The highest BCUT2D eigenvalue weighted by Gasteiger charge is 2.07. The number of hydrogen-bond acceptors (Lipinski definition) is 3. The van der Waals surface area contributed by atoms with E-state index in [0.29, 0.717) is 0 Å². The molecule has 0 aliphatic rings. The normalized spacial score (nSPS) is 9.81. The number of pyridine rings is 1.